The molecule has 5 nitrogen and oxygen atoms in total. The highest BCUT2D eigenvalue weighted by Gasteiger charge is 2.17. The maximum Gasteiger partial charge on any atom is 0.127 e. The van der Waals surface area contributed by atoms with E-state index in [-0.39, 0.29) is 6.04 Å². The van der Waals surface area contributed by atoms with Crippen molar-refractivity contribution in [2.24, 2.45) is 12.9 Å². The minimum absolute atomic E-state index is 0.146. The average molecular weight is 206 g/mol. The summed E-state index contributed by atoms with van der Waals surface area (Å²) in [5.74, 6) is 7.17. The van der Waals surface area contributed by atoms with Crippen LogP contribution in [0.5, 0.6) is 0 Å². The van der Waals surface area contributed by atoms with Gasteiger partial charge in [-0.3, -0.25) is 10.5 Å². The molecule has 1 atom stereocenters. The topological polar surface area (TPSA) is 69.0 Å². The first-order chi connectivity index (χ1) is 7.20. The van der Waals surface area contributed by atoms with E-state index in [0.717, 1.165) is 17.1 Å². The van der Waals surface area contributed by atoms with Crippen molar-refractivity contribution in [1.82, 2.24) is 15.2 Å². The first-order valence-corrected chi connectivity index (χ1v) is 4.71. The summed E-state index contributed by atoms with van der Waals surface area (Å²) >= 11 is 0. The molecule has 2 aromatic heterocycles. The predicted molar refractivity (Wildman–Crippen MR) is 55.8 cm³/mol. The molecule has 0 saturated carbocycles. The van der Waals surface area contributed by atoms with Gasteiger partial charge in [-0.2, -0.15) is 5.10 Å². The lowest BCUT2D eigenvalue weighted by Gasteiger charge is -2.10. The SMILES string of the molecule is Cc1ccc(C(NN)c2cnn(C)c2)o1. The molecule has 0 aliphatic carbocycles. The number of nitrogens with one attached hydrogen (secondary N) is 1. The van der Waals surface area contributed by atoms with E-state index in [2.05, 4.69) is 10.5 Å². The number of furan rings is 1. The molecule has 2 rings (SSSR count). The molecule has 3 N–H and O–H groups in total. The van der Waals surface area contributed by atoms with E-state index >= 15 is 0 Å². The van der Waals surface area contributed by atoms with Crippen molar-refractivity contribution in [3.8, 4) is 0 Å². The van der Waals surface area contributed by atoms with E-state index < -0.39 is 0 Å². The van der Waals surface area contributed by atoms with Crippen LogP contribution in [0.15, 0.2) is 28.9 Å². The molecule has 0 radical (unpaired) electrons. The number of hydrogen-bond acceptors (Lipinski definition) is 4. The fraction of sp³-hybridized carbons (Fsp3) is 0.300. The molecule has 5 heteroatoms. The monoisotopic (exact) mass is 206 g/mol. The van der Waals surface area contributed by atoms with Crippen LogP contribution in [0.4, 0.5) is 0 Å². The summed E-state index contributed by atoms with van der Waals surface area (Å²) in [4.78, 5) is 0. The Morgan fingerprint density at radius 1 is 1.53 bits per heavy atom. The molecule has 80 valence electrons. The zero-order valence-electron chi connectivity index (χ0n) is 8.77. The Morgan fingerprint density at radius 3 is 2.80 bits per heavy atom. The van der Waals surface area contributed by atoms with Gasteiger partial charge in [0.25, 0.3) is 0 Å². The van der Waals surface area contributed by atoms with Gasteiger partial charge >= 0.3 is 0 Å². The van der Waals surface area contributed by atoms with Crippen molar-refractivity contribution in [2.45, 2.75) is 13.0 Å². The van der Waals surface area contributed by atoms with E-state index in [1.165, 1.54) is 0 Å². The van der Waals surface area contributed by atoms with Gasteiger partial charge in [-0.05, 0) is 19.1 Å². The largest absolute Gasteiger partial charge is 0.464 e. The fourth-order valence-electron chi connectivity index (χ4n) is 1.54. The van der Waals surface area contributed by atoms with Gasteiger partial charge in [0.15, 0.2) is 0 Å². The summed E-state index contributed by atoms with van der Waals surface area (Å²) in [6, 6.07) is 3.68. The summed E-state index contributed by atoms with van der Waals surface area (Å²) in [6.07, 6.45) is 3.67. The maximum absolute atomic E-state index is 5.52. The smallest absolute Gasteiger partial charge is 0.127 e. The number of aryl methyl sites for hydroxylation is 2. The Labute approximate surface area is 87.8 Å². The fourth-order valence-corrected chi connectivity index (χ4v) is 1.54. The molecule has 2 aromatic rings. The summed E-state index contributed by atoms with van der Waals surface area (Å²) in [7, 11) is 1.87. The quantitative estimate of drug-likeness (QED) is 0.577. The molecule has 0 spiro atoms. The van der Waals surface area contributed by atoms with Gasteiger partial charge in [0.2, 0.25) is 0 Å². The highest BCUT2D eigenvalue weighted by molar-refractivity contribution is 5.22. The van der Waals surface area contributed by atoms with Crippen LogP contribution in [0.1, 0.15) is 23.1 Å². The molecular formula is C10H14N4O. The third kappa shape index (κ3) is 1.93. The van der Waals surface area contributed by atoms with Crippen molar-refractivity contribution in [2.75, 3.05) is 0 Å². The van der Waals surface area contributed by atoms with Gasteiger partial charge in [-0.25, -0.2) is 5.43 Å². The van der Waals surface area contributed by atoms with Crippen LogP contribution in [0.2, 0.25) is 0 Å². The number of hydrogen-bond donors (Lipinski definition) is 2. The van der Waals surface area contributed by atoms with Crippen LogP contribution in [0.3, 0.4) is 0 Å². The van der Waals surface area contributed by atoms with Gasteiger partial charge in [-0.15, -0.1) is 0 Å². The van der Waals surface area contributed by atoms with Crippen LogP contribution in [0, 0.1) is 6.92 Å². The van der Waals surface area contributed by atoms with Crippen molar-refractivity contribution in [3.05, 3.63) is 41.6 Å². The van der Waals surface area contributed by atoms with E-state index in [1.54, 1.807) is 10.9 Å². The third-order valence-corrected chi connectivity index (χ3v) is 2.27. The minimum atomic E-state index is -0.146. The second kappa shape index (κ2) is 3.88. The van der Waals surface area contributed by atoms with Crippen molar-refractivity contribution < 1.29 is 4.42 Å². The van der Waals surface area contributed by atoms with E-state index in [0.29, 0.717) is 0 Å². The Morgan fingerprint density at radius 2 is 2.33 bits per heavy atom. The van der Waals surface area contributed by atoms with Crippen LogP contribution in [-0.2, 0) is 7.05 Å². The second-order valence-electron chi connectivity index (χ2n) is 3.50. The zero-order valence-corrected chi connectivity index (χ0v) is 8.77. The Hall–Kier alpha value is -1.59. The summed E-state index contributed by atoms with van der Waals surface area (Å²) in [5.41, 5.74) is 3.70. The van der Waals surface area contributed by atoms with E-state index in [4.69, 9.17) is 10.3 Å². The number of aromatic nitrogens is 2. The average Bonchev–Trinajstić information content (AvgIpc) is 2.78. The lowest BCUT2D eigenvalue weighted by Crippen LogP contribution is -2.28. The zero-order chi connectivity index (χ0) is 10.8. The van der Waals surface area contributed by atoms with Crippen LogP contribution < -0.4 is 11.3 Å². The minimum Gasteiger partial charge on any atom is -0.464 e. The molecule has 0 fully saturated rings. The lowest BCUT2D eigenvalue weighted by molar-refractivity contribution is 0.434. The molecule has 2 heterocycles. The van der Waals surface area contributed by atoms with Crippen LogP contribution in [0.25, 0.3) is 0 Å². The Bertz CT molecular complexity index is 405. The second-order valence-corrected chi connectivity index (χ2v) is 3.50. The molecule has 0 saturated heterocycles. The molecule has 15 heavy (non-hydrogen) atoms. The number of nitrogens with two attached hydrogens (primary N) is 1. The van der Waals surface area contributed by atoms with Gasteiger partial charge in [-0.1, -0.05) is 0 Å². The lowest BCUT2D eigenvalue weighted by atomic mass is 10.1. The standard InChI is InChI=1S/C10H14N4O/c1-7-3-4-9(15-7)10(13-11)8-5-12-14(2)6-8/h3-6,10,13H,11H2,1-2H3. The maximum atomic E-state index is 5.52. The van der Waals surface area contributed by atoms with Crippen molar-refractivity contribution in [3.63, 3.8) is 0 Å². The molecule has 0 aliphatic rings. The molecule has 0 bridgehead atoms. The Kier molecular flexibility index (Phi) is 2.57. The van der Waals surface area contributed by atoms with Gasteiger partial charge in [0.1, 0.15) is 17.6 Å². The van der Waals surface area contributed by atoms with Crippen LogP contribution >= 0.6 is 0 Å². The normalized spacial score (nSPS) is 13.0. The number of rotatable bonds is 3. The molecule has 0 aromatic carbocycles. The van der Waals surface area contributed by atoms with E-state index in [1.807, 2.05) is 32.3 Å². The molecule has 0 aliphatic heterocycles. The first kappa shape index (κ1) is 9.95. The van der Waals surface area contributed by atoms with Crippen LogP contribution in [-0.4, -0.2) is 9.78 Å². The summed E-state index contributed by atoms with van der Waals surface area (Å²) < 4.78 is 7.25. The summed E-state index contributed by atoms with van der Waals surface area (Å²) in [5, 5.41) is 4.10. The molecule has 1 unspecified atom stereocenters. The third-order valence-electron chi connectivity index (χ3n) is 2.27. The Balaban J connectivity index is 2.32. The predicted octanol–water partition coefficient (Wildman–Crippen LogP) is 0.874. The van der Waals surface area contributed by atoms with Gasteiger partial charge < -0.3 is 4.42 Å². The molecule has 0 amide bonds. The molecular weight excluding hydrogens is 192 g/mol. The first-order valence-electron chi connectivity index (χ1n) is 4.71. The van der Waals surface area contributed by atoms with Crippen molar-refractivity contribution in [1.29, 1.82) is 0 Å². The van der Waals surface area contributed by atoms with Gasteiger partial charge in [0, 0.05) is 18.8 Å². The highest BCUT2D eigenvalue weighted by Crippen LogP contribution is 2.22. The van der Waals surface area contributed by atoms with E-state index in [9.17, 15) is 0 Å². The van der Waals surface area contributed by atoms with Gasteiger partial charge in [0.05, 0.1) is 6.20 Å². The number of nitrogens with zero attached hydrogens (tertiary/aromatic N) is 2. The summed E-state index contributed by atoms with van der Waals surface area (Å²) in [6.45, 7) is 1.90. The highest BCUT2D eigenvalue weighted by atomic mass is 16.3. The van der Waals surface area contributed by atoms with Crippen molar-refractivity contribution >= 4 is 0 Å². The number of hydrazine groups is 1.